The fraction of sp³-hybridized carbons (Fsp3) is 0.852. The summed E-state index contributed by atoms with van der Waals surface area (Å²) in [5.74, 6) is 4.10. The first-order valence-electron chi connectivity index (χ1n) is 13.1. The molecule has 1 amide bonds. The molecule has 0 aromatic heterocycles. The Morgan fingerprint density at radius 2 is 1.45 bits per heavy atom. The molecule has 5 fully saturated rings. The van der Waals surface area contributed by atoms with Crippen LogP contribution in [0, 0.1) is 52.3 Å². The molecule has 4 nitrogen and oxygen atoms in total. The van der Waals surface area contributed by atoms with Crippen LogP contribution in [0.3, 0.4) is 0 Å². The van der Waals surface area contributed by atoms with Gasteiger partial charge < -0.3 is 9.80 Å². The van der Waals surface area contributed by atoms with Gasteiger partial charge in [-0.05, 0) is 94.3 Å². The van der Waals surface area contributed by atoms with E-state index in [1.807, 2.05) is 0 Å². The lowest BCUT2D eigenvalue weighted by molar-refractivity contribution is -0.138. The molecule has 1 saturated heterocycles. The van der Waals surface area contributed by atoms with E-state index in [1.54, 1.807) is 0 Å². The van der Waals surface area contributed by atoms with Gasteiger partial charge in [0.1, 0.15) is 0 Å². The molecule has 4 atom stereocenters. The van der Waals surface area contributed by atoms with Crippen LogP contribution < -0.4 is 0 Å². The SMILES string of the molecule is C=C(N1CCN(C(=O)C2CCC(C3CCC4CCC(C#N)C4C3)CC2)CC1)C1(C)CC1. The van der Waals surface area contributed by atoms with Gasteiger partial charge in [-0.15, -0.1) is 0 Å². The van der Waals surface area contributed by atoms with Crippen LogP contribution in [0.2, 0.25) is 0 Å². The van der Waals surface area contributed by atoms with Crippen LogP contribution in [0.1, 0.15) is 77.6 Å². The van der Waals surface area contributed by atoms with E-state index in [-0.39, 0.29) is 5.92 Å². The maximum atomic E-state index is 13.2. The van der Waals surface area contributed by atoms with E-state index in [4.69, 9.17) is 0 Å². The number of carbonyl (C=O) groups is 1. The molecule has 1 heterocycles. The quantitative estimate of drug-likeness (QED) is 0.623. The number of hydrogen-bond donors (Lipinski definition) is 0. The molecule has 4 unspecified atom stereocenters. The predicted molar refractivity (Wildman–Crippen MR) is 123 cm³/mol. The minimum Gasteiger partial charge on any atom is -0.371 e. The van der Waals surface area contributed by atoms with Gasteiger partial charge in [0, 0.05) is 49.1 Å². The second-order valence-electron chi connectivity index (χ2n) is 11.7. The summed E-state index contributed by atoms with van der Waals surface area (Å²) in [7, 11) is 0. The highest BCUT2D eigenvalue weighted by atomic mass is 16.2. The largest absolute Gasteiger partial charge is 0.371 e. The maximum Gasteiger partial charge on any atom is 0.225 e. The number of carbonyl (C=O) groups excluding carboxylic acids is 1. The molecule has 0 N–H and O–H groups in total. The Morgan fingerprint density at radius 3 is 2.10 bits per heavy atom. The number of amides is 1. The first-order valence-corrected chi connectivity index (χ1v) is 13.1. The van der Waals surface area contributed by atoms with Crippen molar-refractivity contribution in [2.24, 2.45) is 40.9 Å². The summed E-state index contributed by atoms with van der Waals surface area (Å²) in [6, 6.07) is 2.61. The standard InChI is InChI=1S/C27H41N3O/c1-19(27(2)11-12-27)29-13-15-30(16-14-29)26(31)22-7-3-20(4-8-22)23-9-5-21-6-10-24(18-28)25(21)17-23/h20-25H,1,3-17H2,2H3. The Labute approximate surface area is 189 Å². The minimum atomic E-state index is 0.252. The lowest BCUT2D eigenvalue weighted by atomic mass is 9.65. The highest BCUT2D eigenvalue weighted by molar-refractivity contribution is 5.79. The lowest BCUT2D eigenvalue weighted by Gasteiger charge is -2.42. The molecule has 170 valence electrons. The van der Waals surface area contributed by atoms with Crippen molar-refractivity contribution < 1.29 is 4.79 Å². The number of fused-ring (bicyclic) bond motifs is 1. The zero-order chi connectivity index (χ0) is 21.6. The van der Waals surface area contributed by atoms with Crippen LogP contribution in [0.25, 0.3) is 0 Å². The fourth-order valence-corrected chi connectivity index (χ4v) is 7.50. The molecule has 5 rings (SSSR count). The summed E-state index contributed by atoms with van der Waals surface area (Å²) in [6.07, 6.45) is 13.6. The number of hydrogen-bond acceptors (Lipinski definition) is 3. The second kappa shape index (κ2) is 8.45. The van der Waals surface area contributed by atoms with E-state index in [1.165, 1.54) is 57.1 Å². The average molecular weight is 424 g/mol. The van der Waals surface area contributed by atoms with Gasteiger partial charge in [0.15, 0.2) is 0 Å². The molecule has 0 aromatic rings. The topological polar surface area (TPSA) is 47.3 Å². The van der Waals surface area contributed by atoms with Crippen LogP contribution in [-0.4, -0.2) is 41.9 Å². The highest BCUT2D eigenvalue weighted by Crippen LogP contribution is 2.52. The average Bonchev–Trinajstić information content (AvgIpc) is 3.44. The molecule has 4 saturated carbocycles. The van der Waals surface area contributed by atoms with Crippen molar-refractivity contribution in [3.63, 3.8) is 0 Å². The van der Waals surface area contributed by atoms with Gasteiger partial charge in [0.05, 0.1) is 6.07 Å². The van der Waals surface area contributed by atoms with Gasteiger partial charge in [-0.1, -0.05) is 13.5 Å². The summed E-state index contributed by atoms with van der Waals surface area (Å²) in [6.45, 7) is 10.3. The molecule has 0 spiro atoms. The zero-order valence-electron chi connectivity index (χ0n) is 19.5. The van der Waals surface area contributed by atoms with Crippen molar-refractivity contribution in [1.29, 1.82) is 5.26 Å². The van der Waals surface area contributed by atoms with E-state index >= 15 is 0 Å². The van der Waals surface area contributed by atoms with E-state index in [2.05, 4.69) is 29.4 Å². The molecule has 4 aliphatic carbocycles. The Balaban J connectivity index is 1.08. The molecule has 31 heavy (non-hydrogen) atoms. The monoisotopic (exact) mass is 423 g/mol. The third kappa shape index (κ3) is 4.14. The van der Waals surface area contributed by atoms with Crippen molar-refractivity contribution in [2.75, 3.05) is 26.2 Å². The van der Waals surface area contributed by atoms with Crippen molar-refractivity contribution in [2.45, 2.75) is 77.6 Å². The smallest absolute Gasteiger partial charge is 0.225 e. The molecule has 1 aliphatic heterocycles. The van der Waals surface area contributed by atoms with Crippen molar-refractivity contribution in [1.82, 2.24) is 9.80 Å². The molecular formula is C27H41N3O. The number of nitriles is 1. The van der Waals surface area contributed by atoms with Crippen LogP contribution in [0.15, 0.2) is 12.3 Å². The Morgan fingerprint density at radius 1 is 0.871 bits per heavy atom. The van der Waals surface area contributed by atoms with E-state index < -0.39 is 0 Å². The van der Waals surface area contributed by atoms with E-state index in [9.17, 15) is 10.1 Å². The predicted octanol–water partition coefficient (Wildman–Crippen LogP) is 5.22. The van der Waals surface area contributed by atoms with Crippen LogP contribution in [-0.2, 0) is 4.79 Å². The van der Waals surface area contributed by atoms with Gasteiger partial charge in [-0.25, -0.2) is 0 Å². The first-order chi connectivity index (χ1) is 15.0. The van der Waals surface area contributed by atoms with Gasteiger partial charge >= 0.3 is 0 Å². The van der Waals surface area contributed by atoms with Crippen LogP contribution in [0.5, 0.6) is 0 Å². The van der Waals surface area contributed by atoms with Gasteiger partial charge in [-0.2, -0.15) is 5.26 Å². The van der Waals surface area contributed by atoms with Crippen molar-refractivity contribution in [3.05, 3.63) is 12.3 Å². The summed E-state index contributed by atoms with van der Waals surface area (Å²) in [4.78, 5) is 17.8. The van der Waals surface area contributed by atoms with Gasteiger partial charge in [0.25, 0.3) is 0 Å². The fourth-order valence-electron chi connectivity index (χ4n) is 7.50. The summed E-state index contributed by atoms with van der Waals surface area (Å²) < 4.78 is 0. The normalized spacial score (nSPS) is 39.5. The molecule has 0 bridgehead atoms. The lowest BCUT2D eigenvalue weighted by Crippen LogP contribution is -2.50. The van der Waals surface area contributed by atoms with E-state index in [0.717, 1.165) is 63.2 Å². The summed E-state index contributed by atoms with van der Waals surface area (Å²) in [5, 5.41) is 9.51. The maximum absolute atomic E-state index is 13.2. The molecular weight excluding hydrogens is 382 g/mol. The Kier molecular flexibility index (Phi) is 5.82. The van der Waals surface area contributed by atoms with Crippen LogP contribution in [0.4, 0.5) is 0 Å². The van der Waals surface area contributed by atoms with E-state index in [0.29, 0.717) is 23.2 Å². The van der Waals surface area contributed by atoms with Gasteiger partial charge in [-0.3, -0.25) is 4.79 Å². The highest BCUT2D eigenvalue weighted by Gasteiger charge is 2.44. The second-order valence-corrected chi connectivity index (χ2v) is 11.7. The summed E-state index contributed by atoms with van der Waals surface area (Å²) >= 11 is 0. The number of rotatable bonds is 4. The molecule has 0 aromatic carbocycles. The molecule has 4 heteroatoms. The first kappa shape index (κ1) is 21.4. The minimum absolute atomic E-state index is 0.252. The number of nitrogens with zero attached hydrogens (tertiary/aromatic N) is 3. The number of piperazine rings is 1. The Bertz CT molecular complexity index is 734. The molecule has 5 aliphatic rings. The van der Waals surface area contributed by atoms with Crippen molar-refractivity contribution in [3.8, 4) is 6.07 Å². The summed E-state index contributed by atoms with van der Waals surface area (Å²) in [5.41, 5.74) is 1.64. The third-order valence-electron chi connectivity index (χ3n) is 10.1. The van der Waals surface area contributed by atoms with Gasteiger partial charge in [0.2, 0.25) is 5.91 Å². The van der Waals surface area contributed by atoms with Crippen LogP contribution >= 0.6 is 0 Å². The number of allylic oxidation sites excluding steroid dienone is 1. The molecule has 0 radical (unpaired) electrons. The third-order valence-corrected chi connectivity index (χ3v) is 10.1. The Hall–Kier alpha value is -1.50. The zero-order valence-corrected chi connectivity index (χ0v) is 19.5. The van der Waals surface area contributed by atoms with Crippen molar-refractivity contribution >= 4 is 5.91 Å².